The summed E-state index contributed by atoms with van der Waals surface area (Å²) in [6.45, 7) is 0. The van der Waals surface area contributed by atoms with Gasteiger partial charge in [-0.3, -0.25) is 4.79 Å². The second-order valence-corrected chi connectivity index (χ2v) is 5.32. The highest BCUT2D eigenvalue weighted by Gasteiger charge is 2.16. The minimum atomic E-state index is -1.11. The zero-order valence-electron chi connectivity index (χ0n) is 9.31. The van der Waals surface area contributed by atoms with Crippen molar-refractivity contribution in [1.29, 1.82) is 0 Å². The number of hydrogen-bond acceptors (Lipinski definition) is 3. The van der Waals surface area contributed by atoms with Crippen LogP contribution in [0.1, 0.15) is 20.0 Å². The van der Waals surface area contributed by atoms with Gasteiger partial charge in [0.25, 0.3) is 5.91 Å². The lowest BCUT2D eigenvalue weighted by Gasteiger charge is -2.06. The van der Waals surface area contributed by atoms with Gasteiger partial charge in [0, 0.05) is 4.47 Å². The molecular formula is C12H7BrFNO3S. The molecular weight excluding hydrogens is 337 g/mol. The lowest BCUT2D eigenvalue weighted by molar-refractivity contribution is 0.0703. The zero-order chi connectivity index (χ0) is 14.0. The number of anilines is 1. The van der Waals surface area contributed by atoms with E-state index < -0.39 is 17.7 Å². The van der Waals surface area contributed by atoms with Crippen LogP contribution >= 0.6 is 27.3 Å². The number of benzene rings is 1. The van der Waals surface area contributed by atoms with Gasteiger partial charge in [0.15, 0.2) is 0 Å². The van der Waals surface area contributed by atoms with E-state index in [1.807, 2.05) is 0 Å². The molecule has 0 saturated heterocycles. The molecule has 0 fully saturated rings. The summed E-state index contributed by atoms with van der Waals surface area (Å²) in [5, 5.41) is 13.0. The van der Waals surface area contributed by atoms with Crippen molar-refractivity contribution < 1.29 is 19.1 Å². The fourth-order valence-corrected chi connectivity index (χ4v) is 2.65. The number of aromatic carboxylic acids is 1. The number of thiophene rings is 1. The third-order valence-corrected chi connectivity index (χ3v) is 3.84. The molecule has 2 aromatic rings. The monoisotopic (exact) mass is 343 g/mol. The lowest BCUT2D eigenvalue weighted by Crippen LogP contribution is -2.14. The Morgan fingerprint density at radius 1 is 1.32 bits per heavy atom. The van der Waals surface area contributed by atoms with Crippen molar-refractivity contribution in [2.24, 2.45) is 0 Å². The second-order valence-electron chi connectivity index (χ2n) is 3.55. The van der Waals surface area contributed by atoms with Crippen LogP contribution in [-0.4, -0.2) is 17.0 Å². The Morgan fingerprint density at radius 2 is 2.05 bits per heavy atom. The first-order chi connectivity index (χ1) is 8.99. The molecule has 7 heteroatoms. The average molecular weight is 344 g/mol. The molecule has 0 radical (unpaired) electrons. The summed E-state index contributed by atoms with van der Waals surface area (Å²) in [5.74, 6) is -2.08. The number of nitrogens with one attached hydrogen (secondary N) is 1. The Kier molecular flexibility index (Phi) is 3.96. The van der Waals surface area contributed by atoms with E-state index >= 15 is 0 Å². The van der Waals surface area contributed by atoms with Crippen molar-refractivity contribution in [3.8, 4) is 0 Å². The first-order valence-corrected chi connectivity index (χ1v) is 6.73. The molecule has 0 aliphatic rings. The predicted molar refractivity (Wildman–Crippen MR) is 73.3 cm³/mol. The third-order valence-electron chi connectivity index (χ3n) is 2.28. The van der Waals surface area contributed by atoms with Crippen LogP contribution in [0.25, 0.3) is 0 Å². The summed E-state index contributed by atoms with van der Waals surface area (Å²) in [7, 11) is 0. The van der Waals surface area contributed by atoms with Crippen LogP contribution in [-0.2, 0) is 0 Å². The van der Waals surface area contributed by atoms with E-state index in [2.05, 4.69) is 21.2 Å². The molecule has 2 N–H and O–H groups in total. The number of carboxylic acids is 1. The number of rotatable bonds is 3. The smallest absolute Gasteiger partial charge is 0.348 e. The standard InChI is InChI=1S/C12H7BrFNO3S/c13-8-5-6(14)1-2-7(8)11(16)15-9-3-4-19-10(9)12(17)18/h1-5H,(H,15,16)(H,17,18). The number of carboxylic acid groups (broad SMARTS) is 1. The lowest BCUT2D eigenvalue weighted by atomic mass is 10.2. The average Bonchev–Trinajstić information content (AvgIpc) is 2.76. The Hall–Kier alpha value is -1.73. The fourth-order valence-electron chi connectivity index (χ4n) is 1.44. The molecule has 1 heterocycles. The molecule has 0 saturated carbocycles. The van der Waals surface area contributed by atoms with Gasteiger partial charge < -0.3 is 10.4 Å². The molecule has 0 bridgehead atoms. The van der Waals surface area contributed by atoms with Crippen LogP contribution in [0.3, 0.4) is 0 Å². The van der Waals surface area contributed by atoms with Gasteiger partial charge in [-0.1, -0.05) is 0 Å². The van der Waals surface area contributed by atoms with Crippen molar-refractivity contribution in [3.05, 3.63) is 50.4 Å². The highest BCUT2D eigenvalue weighted by molar-refractivity contribution is 9.10. The van der Waals surface area contributed by atoms with Gasteiger partial charge in [0.2, 0.25) is 0 Å². The maximum Gasteiger partial charge on any atom is 0.348 e. The summed E-state index contributed by atoms with van der Waals surface area (Å²) in [4.78, 5) is 22.9. The maximum absolute atomic E-state index is 12.9. The highest BCUT2D eigenvalue weighted by atomic mass is 79.9. The van der Waals surface area contributed by atoms with Crippen molar-refractivity contribution in [1.82, 2.24) is 0 Å². The van der Waals surface area contributed by atoms with Gasteiger partial charge in [-0.2, -0.15) is 0 Å². The number of carbonyl (C=O) groups excluding carboxylic acids is 1. The van der Waals surface area contributed by atoms with Crippen LogP contribution in [0.5, 0.6) is 0 Å². The molecule has 1 aromatic heterocycles. The van der Waals surface area contributed by atoms with E-state index in [1.165, 1.54) is 18.2 Å². The Labute approximate surface area is 120 Å². The highest BCUT2D eigenvalue weighted by Crippen LogP contribution is 2.24. The Bertz CT molecular complexity index is 656. The van der Waals surface area contributed by atoms with Crippen molar-refractivity contribution >= 4 is 44.8 Å². The molecule has 0 atom stereocenters. The van der Waals surface area contributed by atoms with Crippen LogP contribution in [0.15, 0.2) is 34.1 Å². The SMILES string of the molecule is O=C(Nc1ccsc1C(=O)O)c1ccc(F)cc1Br. The van der Waals surface area contributed by atoms with Crippen molar-refractivity contribution in [2.75, 3.05) is 5.32 Å². The van der Waals surface area contributed by atoms with Gasteiger partial charge in [0.05, 0.1) is 11.3 Å². The van der Waals surface area contributed by atoms with Crippen LogP contribution in [0, 0.1) is 5.82 Å². The summed E-state index contributed by atoms with van der Waals surface area (Å²) in [6, 6.07) is 5.15. The quantitative estimate of drug-likeness (QED) is 0.894. The zero-order valence-corrected chi connectivity index (χ0v) is 11.7. The van der Waals surface area contributed by atoms with E-state index in [1.54, 1.807) is 5.38 Å². The minimum absolute atomic E-state index is 0.0478. The number of amides is 1. The molecule has 0 aliphatic heterocycles. The number of carbonyl (C=O) groups is 2. The molecule has 98 valence electrons. The van der Waals surface area contributed by atoms with Gasteiger partial charge in [-0.05, 0) is 45.6 Å². The molecule has 2 rings (SSSR count). The Morgan fingerprint density at radius 3 is 2.68 bits per heavy atom. The summed E-state index contributed by atoms with van der Waals surface area (Å²) in [5.41, 5.74) is 0.447. The Balaban J connectivity index is 2.26. The van der Waals surface area contributed by atoms with Crippen LogP contribution < -0.4 is 5.32 Å². The van der Waals surface area contributed by atoms with Gasteiger partial charge >= 0.3 is 5.97 Å². The van der Waals surface area contributed by atoms with Crippen molar-refractivity contribution in [2.45, 2.75) is 0 Å². The summed E-state index contributed by atoms with van der Waals surface area (Å²) < 4.78 is 13.2. The molecule has 0 aliphatic carbocycles. The van der Waals surface area contributed by atoms with Crippen LogP contribution in [0.4, 0.5) is 10.1 Å². The van der Waals surface area contributed by atoms with E-state index in [4.69, 9.17) is 5.11 Å². The molecule has 1 amide bonds. The summed E-state index contributed by atoms with van der Waals surface area (Å²) >= 11 is 4.10. The van der Waals surface area contributed by atoms with Crippen molar-refractivity contribution in [3.63, 3.8) is 0 Å². The summed E-state index contributed by atoms with van der Waals surface area (Å²) in [6.07, 6.45) is 0. The minimum Gasteiger partial charge on any atom is -0.477 e. The predicted octanol–water partition coefficient (Wildman–Crippen LogP) is 3.60. The molecule has 0 spiro atoms. The van der Waals surface area contributed by atoms with E-state index in [9.17, 15) is 14.0 Å². The van der Waals surface area contributed by atoms with Gasteiger partial charge in [-0.15, -0.1) is 11.3 Å². The van der Waals surface area contributed by atoms with E-state index in [0.717, 1.165) is 17.4 Å². The van der Waals surface area contributed by atoms with E-state index in [0.29, 0.717) is 4.47 Å². The fraction of sp³-hybridized carbons (Fsp3) is 0. The van der Waals surface area contributed by atoms with E-state index in [-0.39, 0.29) is 16.1 Å². The number of halogens is 2. The first kappa shape index (κ1) is 13.7. The molecule has 1 aromatic carbocycles. The first-order valence-electron chi connectivity index (χ1n) is 5.06. The second kappa shape index (κ2) is 5.50. The maximum atomic E-state index is 12.9. The van der Waals surface area contributed by atoms with Gasteiger partial charge in [0.1, 0.15) is 10.7 Å². The number of hydrogen-bond donors (Lipinski definition) is 2. The normalized spacial score (nSPS) is 10.2. The largest absolute Gasteiger partial charge is 0.477 e. The van der Waals surface area contributed by atoms with Gasteiger partial charge in [-0.25, -0.2) is 9.18 Å². The van der Waals surface area contributed by atoms with Crippen LogP contribution in [0.2, 0.25) is 0 Å². The topological polar surface area (TPSA) is 66.4 Å². The third kappa shape index (κ3) is 2.99. The molecule has 0 unspecified atom stereocenters. The molecule has 19 heavy (non-hydrogen) atoms. The molecule has 4 nitrogen and oxygen atoms in total.